The predicted octanol–water partition coefficient (Wildman–Crippen LogP) is 5.60. The van der Waals surface area contributed by atoms with Crippen molar-refractivity contribution in [1.29, 1.82) is 0 Å². The number of rotatable bonds is 6. The monoisotopic (exact) mass is 473 g/mol. The molecule has 3 aromatic carbocycles. The van der Waals surface area contributed by atoms with Crippen molar-refractivity contribution in [3.8, 4) is 16.9 Å². The lowest BCUT2D eigenvalue weighted by Crippen LogP contribution is -2.16. The number of aromatic nitrogens is 1. The van der Waals surface area contributed by atoms with Crippen LogP contribution >= 0.6 is 11.6 Å². The predicted molar refractivity (Wildman–Crippen MR) is 129 cm³/mol. The third-order valence-corrected chi connectivity index (χ3v) is 5.55. The van der Waals surface area contributed by atoms with Crippen LogP contribution in [0.25, 0.3) is 16.9 Å². The summed E-state index contributed by atoms with van der Waals surface area (Å²) in [6, 6.07) is 24.3. The van der Waals surface area contributed by atoms with Crippen LogP contribution in [0.2, 0.25) is 5.02 Å². The van der Waals surface area contributed by atoms with Crippen LogP contribution in [0.4, 0.5) is 0 Å². The molecule has 0 atom stereocenters. The average molecular weight is 474 g/mol. The highest BCUT2D eigenvalue weighted by Gasteiger charge is 2.36. The van der Waals surface area contributed by atoms with Crippen molar-refractivity contribution in [1.82, 2.24) is 4.57 Å². The van der Waals surface area contributed by atoms with Crippen molar-refractivity contribution in [2.45, 2.75) is 0 Å². The number of benzene rings is 3. The Balaban J connectivity index is 2.22. The molecule has 0 aliphatic heterocycles. The molecular weight excluding hydrogens is 454 g/mol. The Morgan fingerprint density at radius 3 is 1.94 bits per heavy atom. The number of carbonyl (C=O) groups is 3. The van der Waals surface area contributed by atoms with E-state index in [9.17, 15) is 14.4 Å². The quantitative estimate of drug-likeness (QED) is 0.269. The largest absolute Gasteiger partial charge is 0.465 e. The van der Waals surface area contributed by atoms with Crippen LogP contribution in [-0.4, -0.2) is 36.5 Å². The molecule has 6 nitrogen and oxygen atoms in total. The van der Waals surface area contributed by atoms with Crippen LogP contribution in [-0.2, 0) is 9.47 Å². The number of hydrogen-bond donors (Lipinski definition) is 0. The van der Waals surface area contributed by atoms with Gasteiger partial charge >= 0.3 is 11.9 Å². The Morgan fingerprint density at radius 2 is 1.35 bits per heavy atom. The zero-order valence-corrected chi connectivity index (χ0v) is 19.2. The molecule has 0 bridgehead atoms. The van der Waals surface area contributed by atoms with Gasteiger partial charge in [-0.25, -0.2) is 9.59 Å². The van der Waals surface area contributed by atoms with E-state index in [-0.39, 0.29) is 16.8 Å². The molecule has 170 valence electrons. The Labute approximate surface area is 201 Å². The summed E-state index contributed by atoms with van der Waals surface area (Å²) < 4.78 is 11.6. The third-order valence-electron chi connectivity index (χ3n) is 5.32. The number of halogens is 1. The fraction of sp³-hybridized carbons (Fsp3) is 0.0741. The van der Waals surface area contributed by atoms with E-state index in [1.807, 2.05) is 6.07 Å². The van der Waals surface area contributed by atoms with E-state index in [2.05, 4.69) is 0 Å². The first-order valence-corrected chi connectivity index (χ1v) is 10.7. The normalized spacial score (nSPS) is 10.6. The van der Waals surface area contributed by atoms with Gasteiger partial charge in [-0.2, -0.15) is 0 Å². The molecule has 0 radical (unpaired) electrons. The Morgan fingerprint density at radius 1 is 0.735 bits per heavy atom. The van der Waals surface area contributed by atoms with Gasteiger partial charge in [0.05, 0.1) is 25.5 Å². The fourth-order valence-electron chi connectivity index (χ4n) is 3.86. The number of hydrogen-bond acceptors (Lipinski definition) is 5. The van der Waals surface area contributed by atoms with Crippen molar-refractivity contribution in [3.05, 3.63) is 112 Å². The maximum Gasteiger partial charge on any atom is 0.355 e. The third kappa shape index (κ3) is 4.11. The molecule has 1 heterocycles. The van der Waals surface area contributed by atoms with Gasteiger partial charge in [-0.1, -0.05) is 78.3 Å². The molecule has 7 heteroatoms. The minimum Gasteiger partial charge on any atom is -0.465 e. The average Bonchev–Trinajstić information content (AvgIpc) is 3.24. The smallest absolute Gasteiger partial charge is 0.355 e. The Hall–Kier alpha value is -4.16. The zero-order chi connectivity index (χ0) is 24.2. The van der Waals surface area contributed by atoms with Gasteiger partial charge in [-0.3, -0.25) is 4.79 Å². The second-order valence-corrected chi connectivity index (χ2v) is 7.74. The van der Waals surface area contributed by atoms with Gasteiger partial charge in [0, 0.05) is 16.3 Å². The van der Waals surface area contributed by atoms with Crippen molar-refractivity contribution in [3.63, 3.8) is 0 Å². The van der Waals surface area contributed by atoms with Crippen LogP contribution in [0.5, 0.6) is 0 Å². The van der Waals surface area contributed by atoms with E-state index in [1.165, 1.54) is 18.8 Å². The molecular formula is C27H20ClNO5. The van der Waals surface area contributed by atoms with Gasteiger partial charge in [-0.05, 0) is 23.8 Å². The first kappa shape index (κ1) is 23.0. The SMILES string of the molecule is COC(=O)c1c(C(=O)c2ccccc2)c(-c2ccccc2)n(-c2cccc(Cl)c2)c1C(=O)OC. The summed E-state index contributed by atoms with van der Waals surface area (Å²) in [6.07, 6.45) is 0. The van der Waals surface area contributed by atoms with Gasteiger partial charge < -0.3 is 14.0 Å². The van der Waals surface area contributed by atoms with E-state index < -0.39 is 17.7 Å². The number of ether oxygens (including phenoxy) is 2. The van der Waals surface area contributed by atoms with Gasteiger partial charge in [0.2, 0.25) is 0 Å². The summed E-state index contributed by atoms with van der Waals surface area (Å²) in [5.74, 6) is -2.08. The van der Waals surface area contributed by atoms with Crippen molar-refractivity contribution < 1.29 is 23.9 Å². The number of nitrogens with zero attached hydrogens (tertiary/aromatic N) is 1. The molecule has 0 fully saturated rings. The summed E-state index contributed by atoms with van der Waals surface area (Å²) in [7, 11) is 2.40. The van der Waals surface area contributed by atoms with Crippen LogP contribution < -0.4 is 0 Å². The molecule has 0 unspecified atom stereocenters. The molecule has 0 saturated carbocycles. The standard InChI is InChI=1S/C27H20ClNO5/c1-33-26(31)22-21(25(30)18-12-7-4-8-13-18)23(17-10-5-3-6-11-17)29(24(22)27(32)34-2)20-15-9-14-19(28)16-20/h3-16H,1-2H3. The van der Waals surface area contributed by atoms with Gasteiger partial charge in [0.1, 0.15) is 11.3 Å². The lowest BCUT2D eigenvalue weighted by Gasteiger charge is -2.14. The summed E-state index contributed by atoms with van der Waals surface area (Å²) in [5, 5.41) is 0.414. The second-order valence-electron chi connectivity index (χ2n) is 7.31. The van der Waals surface area contributed by atoms with Gasteiger partial charge in [-0.15, -0.1) is 0 Å². The molecule has 0 aliphatic carbocycles. The Bertz CT molecular complexity index is 1380. The molecule has 4 rings (SSSR count). The number of methoxy groups -OCH3 is 2. The topological polar surface area (TPSA) is 74.6 Å². The number of ketones is 1. The molecule has 0 aliphatic rings. The van der Waals surface area contributed by atoms with E-state index >= 15 is 0 Å². The summed E-state index contributed by atoms with van der Waals surface area (Å²) in [4.78, 5) is 40.0. The van der Waals surface area contributed by atoms with Gasteiger partial charge in [0.15, 0.2) is 5.78 Å². The summed E-state index contributed by atoms with van der Waals surface area (Å²) in [6.45, 7) is 0. The number of esters is 2. The second kappa shape index (κ2) is 9.77. The highest BCUT2D eigenvalue weighted by Crippen LogP contribution is 2.37. The van der Waals surface area contributed by atoms with E-state index in [1.54, 1.807) is 78.9 Å². The lowest BCUT2D eigenvalue weighted by molar-refractivity contribution is 0.0548. The first-order valence-electron chi connectivity index (χ1n) is 10.3. The maximum atomic E-state index is 13.9. The minimum absolute atomic E-state index is 0.0321. The van der Waals surface area contributed by atoms with Crippen LogP contribution in [0.15, 0.2) is 84.9 Å². The maximum absolute atomic E-state index is 13.9. The highest BCUT2D eigenvalue weighted by molar-refractivity contribution is 6.30. The van der Waals surface area contributed by atoms with E-state index in [4.69, 9.17) is 21.1 Å². The zero-order valence-electron chi connectivity index (χ0n) is 18.4. The summed E-state index contributed by atoms with van der Waals surface area (Å²) in [5.41, 5.74) is 1.51. The molecule has 0 amide bonds. The molecule has 1 aromatic heterocycles. The molecule has 0 spiro atoms. The van der Waals surface area contributed by atoms with Crippen LogP contribution in [0.1, 0.15) is 36.8 Å². The fourth-order valence-corrected chi connectivity index (χ4v) is 4.05. The van der Waals surface area contributed by atoms with Crippen LogP contribution in [0.3, 0.4) is 0 Å². The molecule has 34 heavy (non-hydrogen) atoms. The minimum atomic E-state index is -0.836. The Kier molecular flexibility index (Phi) is 6.61. The molecule has 0 N–H and O–H groups in total. The first-order chi connectivity index (χ1) is 16.5. The number of carbonyl (C=O) groups excluding carboxylic acids is 3. The highest BCUT2D eigenvalue weighted by atomic mass is 35.5. The summed E-state index contributed by atoms with van der Waals surface area (Å²) >= 11 is 6.27. The van der Waals surface area contributed by atoms with Crippen molar-refractivity contribution in [2.75, 3.05) is 14.2 Å². The van der Waals surface area contributed by atoms with Crippen molar-refractivity contribution in [2.24, 2.45) is 0 Å². The molecule has 0 saturated heterocycles. The van der Waals surface area contributed by atoms with E-state index in [0.29, 0.717) is 27.5 Å². The lowest BCUT2D eigenvalue weighted by atomic mass is 9.95. The van der Waals surface area contributed by atoms with E-state index in [0.717, 1.165) is 0 Å². The van der Waals surface area contributed by atoms with Crippen LogP contribution in [0, 0.1) is 0 Å². The van der Waals surface area contributed by atoms with Crippen molar-refractivity contribution >= 4 is 29.3 Å². The molecule has 4 aromatic rings. The van der Waals surface area contributed by atoms with Gasteiger partial charge in [0.25, 0.3) is 0 Å².